The molecule has 1 aromatic carbocycles. The number of amidine groups is 1. The van der Waals surface area contributed by atoms with Gasteiger partial charge in [0.05, 0.1) is 0 Å². The molecule has 0 saturated heterocycles. The number of unbranched alkanes of at least 4 members (excludes halogenated alkanes) is 3. The number of aliphatic imine (C=N–C) groups is 1. The van der Waals surface area contributed by atoms with Gasteiger partial charge in [-0.25, -0.2) is 15.3 Å². The average Bonchev–Trinajstić information content (AvgIpc) is 3.13. The number of hydroxylamine groups is 1. The molecule has 0 spiro atoms. The number of hydrogen-bond donors (Lipinski definition) is 1. The molecule has 3 nitrogen and oxygen atoms in total. The summed E-state index contributed by atoms with van der Waals surface area (Å²) in [5.41, 5.74) is 6.85. The van der Waals surface area contributed by atoms with Gasteiger partial charge in [-0.05, 0) is 38.7 Å². The van der Waals surface area contributed by atoms with Gasteiger partial charge >= 0.3 is 0 Å². The zero-order chi connectivity index (χ0) is 18.8. The summed E-state index contributed by atoms with van der Waals surface area (Å²) in [5, 5.41) is 0. The molecule has 0 bridgehead atoms. The maximum absolute atomic E-state index is 5.70. The van der Waals surface area contributed by atoms with Crippen LogP contribution in [0.15, 0.2) is 53.6 Å². The molecule has 26 heavy (non-hydrogen) atoms. The SMILES string of the molecule is C=C/C=C(\CC)CCCCCCC(C)C1N=C(c2cccc(C)c2)NO1. The zero-order valence-corrected chi connectivity index (χ0v) is 16.6. The first kappa shape index (κ1) is 20.4. The Hall–Kier alpha value is -1.87. The molecule has 2 atom stereocenters. The highest BCUT2D eigenvalue weighted by Crippen LogP contribution is 2.22. The fourth-order valence-electron chi connectivity index (χ4n) is 3.32. The lowest BCUT2D eigenvalue weighted by molar-refractivity contribution is 0.00322. The van der Waals surface area contributed by atoms with E-state index in [9.17, 15) is 0 Å². The van der Waals surface area contributed by atoms with Crippen LogP contribution in [0.4, 0.5) is 0 Å². The number of nitrogens with one attached hydrogen (secondary N) is 1. The largest absolute Gasteiger partial charge is 0.247 e. The summed E-state index contributed by atoms with van der Waals surface area (Å²) in [6.07, 6.45) is 12.6. The molecule has 142 valence electrons. The first-order chi connectivity index (χ1) is 12.6. The van der Waals surface area contributed by atoms with Crippen molar-refractivity contribution in [3.05, 3.63) is 59.7 Å². The van der Waals surface area contributed by atoms with Crippen molar-refractivity contribution in [3.8, 4) is 0 Å². The van der Waals surface area contributed by atoms with Gasteiger partial charge in [-0.2, -0.15) is 0 Å². The van der Waals surface area contributed by atoms with E-state index in [1.807, 2.05) is 6.08 Å². The summed E-state index contributed by atoms with van der Waals surface area (Å²) in [4.78, 5) is 10.4. The Kier molecular flexibility index (Phi) is 8.63. The normalized spacial score (nSPS) is 18.3. The topological polar surface area (TPSA) is 33.6 Å². The van der Waals surface area contributed by atoms with Gasteiger partial charge in [-0.3, -0.25) is 0 Å². The monoisotopic (exact) mass is 354 g/mol. The Morgan fingerprint density at radius 2 is 2.12 bits per heavy atom. The molecular formula is C23H34N2O. The quantitative estimate of drug-likeness (QED) is 0.385. The fourth-order valence-corrected chi connectivity index (χ4v) is 3.32. The highest BCUT2D eigenvalue weighted by molar-refractivity contribution is 5.98. The van der Waals surface area contributed by atoms with Gasteiger partial charge in [-0.15, -0.1) is 0 Å². The number of rotatable bonds is 11. The van der Waals surface area contributed by atoms with Crippen LogP contribution < -0.4 is 5.48 Å². The molecule has 2 unspecified atom stereocenters. The average molecular weight is 355 g/mol. The number of nitrogens with zero attached hydrogens (tertiary/aromatic N) is 1. The van der Waals surface area contributed by atoms with Gasteiger partial charge in [0.2, 0.25) is 0 Å². The molecule has 0 amide bonds. The first-order valence-electron chi connectivity index (χ1n) is 10.0. The smallest absolute Gasteiger partial charge is 0.179 e. The summed E-state index contributed by atoms with van der Waals surface area (Å²) >= 11 is 0. The van der Waals surface area contributed by atoms with Crippen LogP contribution in [-0.4, -0.2) is 12.1 Å². The molecule has 0 radical (unpaired) electrons. The maximum Gasteiger partial charge on any atom is 0.179 e. The third kappa shape index (κ3) is 6.45. The lowest BCUT2D eigenvalue weighted by Crippen LogP contribution is -2.22. The lowest BCUT2D eigenvalue weighted by atomic mass is 9.99. The Morgan fingerprint density at radius 1 is 1.31 bits per heavy atom. The molecule has 0 saturated carbocycles. The Balaban J connectivity index is 1.68. The summed E-state index contributed by atoms with van der Waals surface area (Å²) in [6.45, 7) is 10.3. The first-order valence-corrected chi connectivity index (χ1v) is 10.0. The van der Waals surface area contributed by atoms with E-state index in [0.29, 0.717) is 5.92 Å². The second kappa shape index (κ2) is 11.0. The molecule has 1 aliphatic rings. The van der Waals surface area contributed by atoms with Crippen LogP contribution in [0.1, 0.15) is 69.9 Å². The summed E-state index contributed by atoms with van der Waals surface area (Å²) < 4.78 is 0. The van der Waals surface area contributed by atoms with E-state index in [1.54, 1.807) is 0 Å². The number of aryl methyl sites for hydroxylation is 1. The van der Waals surface area contributed by atoms with Gasteiger partial charge in [0.1, 0.15) is 0 Å². The van der Waals surface area contributed by atoms with Crippen LogP contribution in [0.3, 0.4) is 0 Å². The van der Waals surface area contributed by atoms with Crippen molar-refractivity contribution in [2.24, 2.45) is 10.9 Å². The molecule has 1 aromatic rings. The molecular weight excluding hydrogens is 320 g/mol. The summed E-state index contributed by atoms with van der Waals surface area (Å²) in [6, 6.07) is 8.35. The molecule has 2 rings (SSSR count). The molecule has 3 heteroatoms. The lowest BCUT2D eigenvalue weighted by Gasteiger charge is -2.14. The van der Waals surface area contributed by atoms with Gasteiger partial charge in [0, 0.05) is 11.5 Å². The number of allylic oxidation sites excluding steroid dienone is 3. The van der Waals surface area contributed by atoms with Crippen LogP contribution >= 0.6 is 0 Å². The van der Waals surface area contributed by atoms with Gasteiger partial charge < -0.3 is 0 Å². The van der Waals surface area contributed by atoms with E-state index in [-0.39, 0.29) is 6.23 Å². The predicted octanol–water partition coefficient (Wildman–Crippen LogP) is 6.10. The van der Waals surface area contributed by atoms with Crippen molar-refractivity contribution < 1.29 is 4.84 Å². The van der Waals surface area contributed by atoms with Crippen LogP contribution in [0.2, 0.25) is 0 Å². The minimum atomic E-state index is -0.0762. The zero-order valence-electron chi connectivity index (χ0n) is 16.6. The number of hydrogen-bond acceptors (Lipinski definition) is 3. The third-order valence-corrected chi connectivity index (χ3v) is 5.03. The maximum atomic E-state index is 5.70. The van der Waals surface area contributed by atoms with Crippen LogP contribution in [0.5, 0.6) is 0 Å². The van der Waals surface area contributed by atoms with Gasteiger partial charge in [-0.1, -0.05) is 81.2 Å². The Morgan fingerprint density at radius 3 is 2.85 bits per heavy atom. The van der Waals surface area contributed by atoms with Crippen LogP contribution in [-0.2, 0) is 4.84 Å². The Labute approximate surface area is 159 Å². The van der Waals surface area contributed by atoms with E-state index < -0.39 is 0 Å². The van der Waals surface area contributed by atoms with E-state index in [4.69, 9.17) is 9.83 Å². The second-order valence-electron chi connectivity index (χ2n) is 7.30. The predicted molar refractivity (Wildman–Crippen MR) is 111 cm³/mol. The molecule has 1 aliphatic heterocycles. The van der Waals surface area contributed by atoms with Crippen LogP contribution in [0.25, 0.3) is 0 Å². The summed E-state index contributed by atoms with van der Waals surface area (Å²) in [5.74, 6) is 1.28. The molecule has 1 N–H and O–H groups in total. The highest BCUT2D eigenvalue weighted by Gasteiger charge is 2.24. The molecule has 1 heterocycles. The second-order valence-corrected chi connectivity index (χ2v) is 7.30. The van der Waals surface area contributed by atoms with Crippen molar-refractivity contribution >= 4 is 5.84 Å². The molecule has 0 aromatic heterocycles. The minimum Gasteiger partial charge on any atom is -0.247 e. The van der Waals surface area contributed by atoms with Gasteiger partial charge in [0.25, 0.3) is 0 Å². The van der Waals surface area contributed by atoms with Crippen molar-refractivity contribution in [2.75, 3.05) is 0 Å². The van der Waals surface area contributed by atoms with Gasteiger partial charge in [0.15, 0.2) is 12.1 Å². The van der Waals surface area contributed by atoms with E-state index in [2.05, 4.69) is 63.2 Å². The van der Waals surface area contributed by atoms with E-state index >= 15 is 0 Å². The standard InChI is InChI=1S/C23H34N2O/c1-5-12-20(6-2)15-10-8-7-9-14-19(4)23-24-22(25-26-23)21-16-11-13-18(3)17-21/h5,11-13,16-17,19,23H,1,6-10,14-15H2,2-4H3,(H,24,25)/b20-12+. The molecule has 0 aliphatic carbocycles. The highest BCUT2D eigenvalue weighted by atomic mass is 16.7. The van der Waals surface area contributed by atoms with Crippen LogP contribution in [0, 0.1) is 12.8 Å². The van der Waals surface area contributed by atoms with Crippen molar-refractivity contribution in [1.29, 1.82) is 0 Å². The fraction of sp³-hybridized carbons (Fsp3) is 0.522. The Bertz CT molecular complexity index is 633. The van der Waals surface area contributed by atoms with E-state index in [1.165, 1.54) is 43.2 Å². The number of benzene rings is 1. The molecule has 0 fully saturated rings. The van der Waals surface area contributed by atoms with Crippen molar-refractivity contribution in [2.45, 2.75) is 71.9 Å². The minimum absolute atomic E-state index is 0.0762. The van der Waals surface area contributed by atoms with Crippen molar-refractivity contribution in [3.63, 3.8) is 0 Å². The van der Waals surface area contributed by atoms with E-state index in [0.717, 1.165) is 24.2 Å². The third-order valence-electron chi connectivity index (χ3n) is 5.03. The van der Waals surface area contributed by atoms with Crippen molar-refractivity contribution in [1.82, 2.24) is 5.48 Å². The summed E-state index contributed by atoms with van der Waals surface area (Å²) in [7, 11) is 0.